The zero-order valence-corrected chi connectivity index (χ0v) is 11.2. The number of ether oxygens (including phenoxy) is 1. The molecule has 0 saturated carbocycles. The molecule has 4 heteroatoms. The van der Waals surface area contributed by atoms with Crippen molar-refractivity contribution < 1.29 is 4.74 Å². The van der Waals surface area contributed by atoms with E-state index in [2.05, 4.69) is 16.5 Å². The molecule has 100 valence electrons. The van der Waals surface area contributed by atoms with Gasteiger partial charge in [-0.3, -0.25) is 0 Å². The van der Waals surface area contributed by atoms with E-state index in [9.17, 15) is 0 Å². The molecule has 0 saturated heterocycles. The van der Waals surface area contributed by atoms with Crippen molar-refractivity contribution in [2.75, 3.05) is 12.4 Å². The lowest BCUT2D eigenvalue weighted by Gasteiger charge is -2.09. The van der Waals surface area contributed by atoms with Crippen LogP contribution in [-0.2, 0) is 0 Å². The fourth-order valence-corrected chi connectivity index (χ4v) is 1.99. The summed E-state index contributed by atoms with van der Waals surface area (Å²) in [5.41, 5.74) is 3.06. The van der Waals surface area contributed by atoms with E-state index in [1.165, 1.54) is 0 Å². The van der Waals surface area contributed by atoms with E-state index in [0.717, 1.165) is 22.8 Å². The van der Waals surface area contributed by atoms with Gasteiger partial charge in [-0.25, -0.2) is 4.68 Å². The average molecular weight is 265 g/mol. The summed E-state index contributed by atoms with van der Waals surface area (Å²) in [4.78, 5) is 0. The maximum Gasteiger partial charge on any atom is 0.119 e. The Morgan fingerprint density at radius 2 is 1.85 bits per heavy atom. The number of rotatable bonds is 4. The molecular formula is C16H15N3O. The Labute approximate surface area is 117 Å². The summed E-state index contributed by atoms with van der Waals surface area (Å²) in [5.74, 6) is 0.848. The van der Waals surface area contributed by atoms with Crippen LogP contribution in [0.2, 0.25) is 0 Å². The van der Waals surface area contributed by atoms with Gasteiger partial charge < -0.3 is 10.1 Å². The van der Waals surface area contributed by atoms with Crippen LogP contribution in [0.1, 0.15) is 0 Å². The van der Waals surface area contributed by atoms with Crippen LogP contribution in [0.3, 0.4) is 0 Å². The van der Waals surface area contributed by atoms with Crippen molar-refractivity contribution in [3.63, 3.8) is 0 Å². The predicted molar refractivity (Wildman–Crippen MR) is 79.8 cm³/mol. The van der Waals surface area contributed by atoms with Gasteiger partial charge in [-0.2, -0.15) is 5.10 Å². The topological polar surface area (TPSA) is 39.1 Å². The summed E-state index contributed by atoms with van der Waals surface area (Å²) < 4.78 is 6.98. The van der Waals surface area contributed by atoms with Crippen molar-refractivity contribution in [2.24, 2.45) is 0 Å². The first-order chi connectivity index (χ1) is 9.85. The van der Waals surface area contributed by atoms with Gasteiger partial charge in [-0.1, -0.05) is 6.07 Å². The van der Waals surface area contributed by atoms with E-state index < -0.39 is 0 Å². The normalized spacial score (nSPS) is 10.2. The Morgan fingerprint density at radius 3 is 2.55 bits per heavy atom. The maximum absolute atomic E-state index is 5.15. The SMILES string of the molecule is COc1ccc(Nc2cccc(-n3cccn3)c2)cc1. The van der Waals surface area contributed by atoms with Crippen molar-refractivity contribution in [1.29, 1.82) is 0 Å². The summed E-state index contributed by atoms with van der Waals surface area (Å²) in [6.45, 7) is 0. The predicted octanol–water partition coefficient (Wildman–Crippen LogP) is 3.62. The van der Waals surface area contributed by atoms with Gasteiger partial charge in [-0.15, -0.1) is 0 Å². The number of anilines is 2. The van der Waals surface area contributed by atoms with Gasteiger partial charge in [0.15, 0.2) is 0 Å². The maximum atomic E-state index is 5.15. The molecule has 0 atom stereocenters. The molecule has 0 spiro atoms. The molecule has 0 aliphatic rings. The minimum absolute atomic E-state index is 0.848. The van der Waals surface area contributed by atoms with E-state index >= 15 is 0 Å². The number of hydrogen-bond acceptors (Lipinski definition) is 3. The van der Waals surface area contributed by atoms with E-state index in [0.29, 0.717) is 0 Å². The number of methoxy groups -OCH3 is 1. The van der Waals surface area contributed by atoms with Gasteiger partial charge in [0.05, 0.1) is 12.8 Å². The highest BCUT2D eigenvalue weighted by Gasteiger charge is 1.99. The smallest absolute Gasteiger partial charge is 0.119 e. The monoisotopic (exact) mass is 265 g/mol. The first kappa shape index (κ1) is 12.3. The Bertz CT molecular complexity index is 675. The minimum Gasteiger partial charge on any atom is -0.497 e. The summed E-state index contributed by atoms with van der Waals surface area (Å²) >= 11 is 0. The van der Waals surface area contributed by atoms with Crippen molar-refractivity contribution in [3.05, 3.63) is 67.0 Å². The Balaban J connectivity index is 1.82. The van der Waals surface area contributed by atoms with Crippen LogP contribution in [0, 0.1) is 0 Å². The molecule has 0 unspecified atom stereocenters. The van der Waals surface area contributed by atoms with Crippen LogP contribution in [-0.4, -0.2) is 16.9 Å². The molecule has 1 aromatic heterocycles. The van der Waals surface area contributed by atoms with Crippen molar-refractivity contribution in [2.45, 2.75) is 0 Å². The van der Waals surface area contributed by atoms with Crippen LogP contribution in [0.15, 0.2) is 67.0 Å². The molecule has 4 nitrogen and oxygen atoms in total. The molecule has 1 heterocycles. The van der Waals surface area contributed by atoms with E-state index in [-0.39, 0.29) is 0 Å². The molecule has 0 aliphatic carbocycles. The Morgan fingerprint density at radius 1 is 1.00 bits per heavy atom. The third-order valence-corrected chi connectivity index (χ3v) is 2.99. The molecule has 3 aromatic rings. The number of nitrogens with zero attached hydrogens (tertiary/aromatic N) is 2. The molecular weight excluding hydrogens is 250 g/mol. The van der Waals surface area contributed by atoms with Crippen LogP contribution in [0.4, 0.5) is 11.4 Å². The van der Waals surface area contributed by atoms with Crippen LogP contribution >= 0.6 is 0 Å². The second-order valence-electron chi connectivity index (χ2n) is 4.35. The molecule has 3 rings (SSSR count). The van der Waals surface area contributed by atoms with Crippen LogP contribution in [0.5, 0.6) is 5.75 Å². The zero-order chi connectivity index (χ0) is 13.8. The fraction of sp³-hybridized carbons (Fsp3) is 0.0625. The van der Waals surface area contributed by atoms with Crippen LogP contribution < -0.4 is 10.1 Å². The highest BCUT2D eigenvalue weighted by atomic mass is 16.5. The number of nitrogens with one attached hydrogen (secondary N) is 1. The molecule has 0 amide bonds. The van der Waals surface area contributed by atoms with Gasteiger partial charge in [-0.05, 0) is 48.5 Å². The van der Waals surface area contributed by atoms with Gasteiger partial charge in [0.25, 0.3) is 0 Å². The third kappa shape index (κ3) is 2.64. The molecule has 20 heavy (non-hydrogen) atoms. The summed E-state index contributed by atoms with van der Waals surface area (Å²) in [5, 5.41) is 7.59. The molecule has 0 fully saturated rings. The van der Waals surface area contributed by atoms with Gasteiger partial charge in [0.2, 0.25) is 0 Å². The van der Waals surface area contributed by atoms with E-state index in [1.807, 2.05) is 59.4 Å². The summed E-state index contributed by atoms with van der Waals surface area (Å²) in [6, 6.07) is 17.8. The van der Waals surface area contributed by atoms with Gasteiger partial charge >= 0.3 is 0 Å². The highest BCUT2D eigenvalue weighted by molar-refractivity contribution is 5.62. The van der Waals surface area contributed by atoms with Crippen molar-refractivity contribution >= 4 is 11.4 Å². The Kier molecular flexibility index (Phi) is 3.37. The first-order valence-electron chi connectivity index (χ1n) is 6.36. The molecule has 1 N–H and O–H groups in total. The fourth-order valence-electron chi connectivity index (χ4n) is 1.99. The zero-order valence-electron chi connectivity index (χ0n) is 11.2. The average Bonchev–Trinajstić information content (AvgIpc) is 3.03. The molecule has 2 aromatic carbocycles. The van der Waals surface area contributed by atoms with E-state index in [1.54, 1.807) is 13.3 Å². The minimum atomic E-state index is 0.848. The Hall–Kier alpha value is -2.75. The number of hydrogen-bond donors (Lipinski definition) is 1. The number of aromatic nitrogens is 2. The summed E-state index contributed by atoms with van der Waals surface area (Å²) in [7, 11) is 1.66. The highest BCUT2D eigenvalue weighted by Crippen LogP contribution is 2.21. The number of benzene rings is 2. The van der Waals surface area contributed by atoms with Crippen LogP contribution in [0.25, 0.3) is 5.69 Å². The summed E-state index contributed by atoms with van der Waals surface area (Å²) in [6.07, 6.45) is 3.69. The quantitative estimate of drug-likeness (QED) is 0.783. The third-order valence-electron chi connectivity index (χ3n) is 2.99. The van der Waals surface area contributed by atoms with Crippen molar-refractivity contribution in [1.82, 2.24) is 9.78 Å². The van der Waals surface area contributed by atoms with E-state index in [4.69, 9.17) is 4.74 Å². The lowest BCUT2D eigenvalue weighted by Crippen LogP contribution is -1.96. The van der Waals surface area contributed by atoms with Crippen molar-refractivity contribution in [3.8, 4) is 11.4 Å². The molecule has 0 radical (unpaired) electrons. The largest absolute Gasteiger partial charge is 0.497 e. The standard InChI is InChI=1S/C16H15N3O/c1-20-16-8-6-13(7-9-16)18-14-4-2-5-15(12-14)19-11-3-10-17-19/h2-12,18H,1H3. The first-order valence-corrected chi connectivity index (χ1v) is 6.36. The molecule has 0 bridgehead atoms. The lowest BCUT2D eigenvalue weighted by atomic mass is 10.2. The second-order valence-corrected chi connectivity index (χ2v) is 4.35. The van der Waals surface area contributed by atoms with Gasteiger partial charge in [0.1, 0.15) is 5.75 Å². The second kappa shape index (κ2) is 5.48. The lowest BCUT2D eigenvalue weighted by molar-refractivity contribution is 0.415. The van der Waals surface area contributed by atoms with Gasteiger partial charge in [0, 0.05) is 23.8 Å². The molecule has 0 aliphatic heterocycles.